The lowest BCUT2D eigenvalue weighted by atomic mass is 10.0. The fraction of sp³-hybridized carbons (Fsp3) is 0.0769. The van der Waals surface area contributed by atoms with Crippen molar-refractivity contribution in [3.05, 3.63) is 55.7 Å². The third kappa shape index (κ3) is 3.01. The van der Waals surface area contributed by atoms with Crippen molar-refractivity contribution >= 4 is 46.4 Å². The number of hydrogen-bond donors (Lipinski definition) is 0. The number of hydrogen-bond acceptors (Lipinski definition) is 0. The molecule has 2 aromatic carbocycles. The highest BCUT2D eigenvalue weighted by atomic mass is 35.5. The fourth-order valence-corrected chi connectivity index (χ4v) is 2.64. The number of rotatable bonds is 2. The standard InChI is InChI=1S/C13H5Cl4F3/c14-5-1-7(12(17)10(16)2-5)6-3-9(15)8(13(19)20)4-11(6)18/h1-4,13H. The van der Waals surface area contributed by atoms with Gasteiger partial charge < -0.3 is 0 Å². The molecule has 0 aliphatic heterocycles. The minimum Gasteiger partial charge on any atom is -0.206 e. The van der Waals surface area contributed by atoms with Crippen LogP contribution in [-0.2, 0) is 0 Å². The van der Waals surface area contributed by atoms with Gasteiger partial charge in [0.15, 0.2) is 0 Å². The third-order valence-corrected chi connectivity index (χ3v) is 3.95. The smallest absolute Gasteiger partial charge is 0.206 e. The van der Waals surface area contributed by atoms with Crippen LogP contribution in [-0.4, -0.2) is 0 Å². The third-order valence-electron chi connectivity index (χ3n) is 2.60. The summed E-state index contributed by atoms with van der Waals surface area (Å²) < 4.78 is 39.2. The lowest BCUT2D eigenvalue weighted by Gasteiger charge is -2.11. The summed E-state index contributed by atoms with van der Waals surface area (Å²) in [5.41, 5.74) is -0.449. The summed E-state index contributed by atoms with van der Waals surface area (Å²) in [6.07, 6.45) is -2.87. The van der Waals surface area contributed by atoms with Crippen LogP contribution in [0.1, 0.15) is 12.0 Å². The molecule has 2 aromatic rings. The molecule has 0 atom stereocenters. The first kappa shape index (κ1) is 15.8. The summed E-state index contributed by atoms with van der Waals surface area (Å²) in [6.45, 7) is 0. The van der Waals surface area contributed by atoms with Gasteiger partial charge in [-0.1, -0.05) is 46.4 Å². The highest BCUT2D eigenvalue weighted by Crippen LogP contribution is 2.40. The maximum absolute atomic E-state index is 14.0. The maximum atomic E-state index is 14.0. The molecule has 0 amide bonds. The second-order valence-electron chi connectivity index (χ2n) is 3.90. The normalized spacial score (nSPS) is 11.2. The predicted molar refractivity (Wildman–Crippen MR) is 76.8 cm³/mol. The van der Waals surface area contributed by atoms with Gasteiger partial charge in [-0.15, -0.1) is 0 Å². The zero-order chi connectivity index (χ0) is 15.0. The SMILES string of the molecule is Fc1cc(C(F)F)c(Cl)cc1-c1cc(Cl)cc(Cl)c1Cl. The Balaban J connectivity index is 2.68. The monoisotopic (exact) mass is 358 g/mol. The molecule has 106 valence electrons. The number of halogens is 7. The van der Waals surface area contributed by atoms with Crippen molar-refractivity contribution in [2.45, 2.75) is 6.43 Å². The van der Waals surface area contributed by atoms with Gasteiger partial charge in [-0.2, -0.15) is 0 Å². The second kappa shape index (κ2) is 6.02. The fourth-order valence-electron chi connectivity index (χ4n) is 1.69. The lowest BCUT2D eigenvalue weighted by molar-refractivity contribution is 0.151. The van der Waals surface area contributed by atoms with Gasteiger partial charge in [0.25, 0.3) is 6.43 Å². The van der Waals surface area contributed by atoms with Gasteiger partial charge in [0.2, 0.25) is 0 Å². The molecule has 0 saturated heterocycles. The van der Waals surface area contributed by atoms with Gasteiger partial charge >= 0.3 is 0 Å². The van der Waals surface area contributed by atoms with Gasteiger partial charge in [0, 0.05) is 21.7 Å². The van der Waals surface area contributed by atoms with Crippen molar-refractivity contribution in [3.8, 4) is 11.1 Å². The van der Waals surface area contributed by atoms with E-state index in [0.29, 0.717) is 6.07 Å². The summed E-state index contributed by atoms with van der Waals surface area (Å²) in [6, 6.07) is 4.52. The van der Waals surface area contributed by atoms with Crippen molar-refractivity contribution in [1.82, 2.24) is 0 Å². The maximum Gasteiger partial charge on any atom is 0.265 e. The van der Waals surface area contributed by atoms with Crippen LogP contribution >= 0.6 is 46.4 Å². The molecule has 0 aromatic heterocycles. The van der Waals surface area contributed by atoms with Crippen LogP contribution in [0.15, 0.2) is 24.3 Å². The first-order chi connectivity index (χ1) is 9.31. The summed E-state index contributed by atoms with van der Waals surface area (Å²) in [7, 11) is 0. The van der Waals surface area contributed by atoms with Gasteiger partial charge in [-0.3, -0.25) is 0 Å². The Morgan fingerprint density at radius 3 is 2.05 bits per heavy atom. The van der Waals surface area contributed by atoms with Gasteiger partial charge in [0.1, 0.15) is 5.82 Å². The van der Waals surface area contributed by atoms with Crippen LogP contribution in [0.5, 0.6) is 0 Å². The molecule has 0 bridgehead atoms. The summed E-state index contributed by atoms with van der Waals surface area (Å²) in [4.78, 5) is 0. The quantitative estimate of drug-likeness (QED) is 0.504. The minimum absolute atomic E-state index is 0.0474. The van der Waals surface area contributed by atoms with E-state index in [2.05, 4.69) is 0 Å². The molecule has 20 heavy (non-hydrogen) atoms. The second-order valence-corrected chi connectivity index (χ2v) is 5.53. The Morgan fingerprint density at radius 2 is 1.45 bits per heavy atom. The molecule has 0 unspecified atom stereocenters. The Kier molecular flexibility index (Phi) is 4.75. The van der Waals surface area contributed by atoms with E-state index in [1.165, 1.54) is 12.1 Å². The number of benzene rings is 2. The minimum atomic E-state index is -2.87. The summed E-state index contributed by atoms with van der Waals surface area (Å²) in [5.74, 6) is -0.884. The molecular formula is C13H5Cl4F3. The Bertz CT molecular complexity index is 671. The van der Waals surface area contributed by atoms with E-state index >= 15 is 0 Å². The highest BCUT2D eigenvalue weighted by Gasteiger charge is 2.19. The average molecular weight is 360 g/mol. The van der Waals surface area contributed by atoms with Gasteiger partial charge in [-0.25, -0.2) is 13.2 Å². The van der Waals surface area contributed by atoms with Crippen LogP contribution in [0.2, 0.25) is 20.1 Å². The van der Waals surface area contributed by atoms with Crippen LogP contribution in [0.4, 0.5) is 13.2 Å². The first-order valence-corrected chi connectivity index (χ1v) is 6.74. The van der Waals surface area contributed by atoms with E-state index in [-0.39, 0.29) is 31.2 Å². The Hall–Kier alpha value is -0.610. The molecule has 0 fully saturated rings. The first-order valence-electron chi connectivity index (χ1n) is 5.23. The molecule has 7 heteroatoms. The summed E-state index contributed by atoms with van der Waals surface area (Å²) >= 11 is 23.4. The molecule has 0 nitrogen and oxygen atoms in total. The van der Waals surface area contributed by atoms with Crippen molar-refractivity contribution < 1.29 is 13.2 Å². The van der Waals surface area contributed by atoms with Crippen molar-refractivity contribution in [3.63, 3.8) is 0 Å². The van der Waals surface area contributed by atoms with E-state index in [0.717, 1.165) is 6.07 Å². The van der Waals surface area contributed by atoms with Crippen LogP contribution < -0.4 is 0 Å². The van der Waals surface area contributed by atoms with E-state index < -0.39 is 17.8 Å². The van der Waals surface area contributed by atoms with E-state index in [9.17, 15) is 13.2 Å². The molecule has 0 saturated carbocycles. The van der Waals surface area contributed by atoms with Crippen LogP contribution in [0, 0.1) is 5.82 Å². The van der Waals surface area contributed by atoms with Crippen molar-refractivity contribution in [2.24, 2.45) is 0 Å². The zero-order valence-electron chi connectivity index (χ0n) is 9.53. The molecule has 0 aliphatic carbocycles. The topological polar surface area (TPSA) is 0 Å². The lowest BCUT2D eigenvalue weighted by Crippen LogP contribution is -1.93. The highest BCUT2D eigenvalue weighted by molar-refractivity contribution is 6.45. The molecule has 0 heterocycles. The van der Waals surface area contributed by atoms with E-state index in [1.807, 2.05) is 0 Å². The molecule has 2 rings (SSSR count). The van der Waals surface area contributed by atoms with Crippen molar-refractivity contribution in [2.75, 3.05) is 0 Å². The zero-order valence-corrected chi connectivity index (χ0v) is 12.6. The molecule has 0 aliphatic rings. The van der Waals surface area contributed by atoms with Crippen LogP contribution in [0.3, 0.4) is 0 Å². The largest absolute Gasteiger partial charge is 0.265 e. The molecular weight excluding hydrogens is 355 g/mol. The summed E-state index contributed by atoms with van der Waals surface area (Å²) in [5, 5.41) is 0.171. The van der Waals surface area contributed by atoms with Gasteiger partial charge in [0.05, 0.1) is 15.1 Å². The van der Waals surface area contributed by atoms with E-state index in [1.54, 1.807) is 0 Å². The Morgan fingerprint density at radius 1 is 0.800 bits per heavy atom. The van der Waals surface area contributed by atoms with Crippen molar-refractivity contribution in [1.29, 1.82) is 0 Å². The predicted octanol–water partition coefficient (Wildman–Crippen LogP) is 7.04. The average Bonchev–Trinajstić information content (AvgIpc) is 2.36. The molecule has 0 spiro atoms. The van der Waals surface area contributed by atoms with Gasteiger partial charge in [-0.05, 0) is 24.3 Å². The molecule has 0 radical (unpaired) electrons. The Labute approximate surface area is 133 Å². The van der Waals surface area contributed by atoms with E-state index in [4.69, 9.17) is 46.4 Å². The number of alkyl halides is 2. The van der Waals surface area contributed by atoms with Crippen LogP contribution in [0.25, 0.3) is 11.1 Å². The molecule has 0 N–H and O–H groups in total.